The van der Waals surface area contributed by atoms with Crippen LogP contribution >= 0.6 is 0 Å². The zero-order chi connectivity index (χ0) is 23.9. The summed E-state index contributed by atoms with van der Waals surface area (Å²) in [6, 6.07) is 19.3. The Morgan fingerprint density at radius 1 is 0.971 bits per heavy atom. The first-order valence-electron chi connectivity index (χ1n) is 11.5. The summed E-state index contributed by atoms with van der Waals surface area (Å²) in [5.74, 6) is 2.66. The zero-order valence-electron chi connectivity index (χ0n) is 19.3. The number of methoxy groups -OCH3 is 1. The third-order valence-electron chi connectivity index (χ3n) is 6.08. The van der Waals surface area contributed by atoms with Crippen LogP contribution in [0.25, 0.3) is 0 Å². The highest BCUT2D eigenvalue weighted by atomic mass is 19.1. The van der Waals surface area contributed by atoms with Gasteiger partial charge in [-0.05, 0) is 85.9 Å². The van der Waals surface area contributed by atoms with E-state index in [1.807, 2.05) is 12.1 Å². The van der Waals surface area contributed by atoms with Crippen molar-refractivity contribution in [1.82, 2.24) is 4.90 Å². The van der Waals surface area contributed by atoms with Crippen molar-refractivity contribution < 1.29 is 23.7 Å². The van der Waals surface area contributed by atoms with E-state index in [1.165, 1.54) is 17.7 Å². The van der Waals surface area contributed by atoms with Gasteiger partial charge in [0.15, 0.2) is 11.5 Å². The second kappa shape index (κ2) is 11.2. The second-order valence-electron chi connectivity index (χ2n) is 8.58. The van der Waals surface area contributed by atoms with Crippen molar-refractivity contribution >= 4 is 5.69 Å². The summed E-state index contributed by atoms with van der Waals surface area (Å²) in [6.45, 7) is 2.56. The van der Waals surface area contributed by atoms with E-state index < -0.39 is 6.10 Å². The minimum Gasteiger partial charge on any atom is -0.493 e. The molecule has 0 radical (unpaired) electrons. The lowest BCUT2D eigenvalue weighted by molar-refractivity contribution is 0.0586. The molecule has 4 rings (SSSR count). The number of hydrogen-bond acceptors (Lipinski definition) is 6. The minimum atomic E-state index is -0.606. The van der Waals surface area contributed by atoms with Gasteiger partial charge >= 0.3 is 0 Å². The van der Waals surface area contributed by atoms with E-state index >= 15 is 0 Å². The van der Waals surface area contributed by atoms with Crippen molar-refractivity contribution in [2.24, 2.45) is 0 Å². The van der Waals surface area contributed by atoms with E-state index in [1.54, 1.807) is 37.4 Å². The van der Waals surface area contributed by atoms with Gasteiger partial charge in [0.2, 0.25) is 0 Å². The van der Waals surface area contributed by atoms with Gasteiger partial charge in [0.25, 0.3) is 0 Å². The fraction of sp³-hybridized carbons (Fsp3) is 0.333. The standard InChI is InChI=1S/C27H31FN2O4/c1-32-26-11-6-22(29)16-27(26)33-18-23(31)17-30-14-12-20(13-15-30)19-2-7-24(8-3-19)34-25-9-4-21(28)5-10-25/h2-11,16,20,23,31H,12-15,17-18,29H2,1H3. The topological polar surface area (TPSA) is 77.2 Å². The molecule has 3 N–H and O–H groups in total. The molecular weight excluding hydrogens is 435 g/mol. The number of likely N-dealkylation sites (tertiary alicyclic amines) is 1. The molecule has 6 nitrogen and oxygen atoms in total. The summed E-state index contributed by atoms with van der Waals surface area (Å²) >= 11 is 0. The zero-order valence-corrected chi connectivity index (χ0v) is 19.3. The molecule has 0 spiro atoms. The van der Waals surface area contributed by atoms with Crippen LogP contribution in [0.15, 0.2) is 66.7 Å². The van der Waals surface area contributed by atoms with Gasteiger partial charge in [0, 0.05) is 18.3 Å². The molecule has 1 saturated heterocycles. The van der Waals surface area contributed by atoms with Crippen LogP contribution in [-0.4, -0.2) is 49.5 Å². The molecule has 3 aromatic rings. The highest BCUT2D eigenvalue weighted by molar-refractivity contribution is 5.51. The van der Waals surface area contributed by atoms with Gasteiger partial charge in [-0.1, -0.05) is 12.1 Å². The first-order chi connectivity index (χ1) is 16.5. The van der Waals surface area contributed by atoms with Gasteiger partial charge in [-0.2, -0.15) is 0 Å². The van der Waals surface area contributed by atoms with Gasteiger partial charge < -0.3 is 30.0 Å². The van der Waals surface area contributed by atoms with Gasteiger partial charge in [-0.3, -0.25) is 0 Å². The number of benzene rings is 3. The van der Waals surface area contributed by atoms with E-state index in [9.17, 15) is 9.50 Å². The molecule has 1 atom stereocenters. The Morgan fingerprint density at radius 2 is 1.62 bits per heavy atom. The number of nitrogen functional groups attached to an aromatic ring is 1. The number of halogens is 1. The van der Waals surface area contributed by atoms with Crippen LogP contribution < -0.4 is 19.9 Å². The van der Waals surface area contributed by atoms with Gasteiger partial charge in [-0.15, -0.1) is 0 Å². The summed E-state index contributed by atoms with van der Waals surface area (Å²) in [5.41, 5.74) is 7.69. The lowest BCUT2D eigenvalue weighted by Crippen LogP contribution is -2.40. The molecule has 0 saturated carbocycles. The van der Waals surface area contributed by atoms with Crippen molar-refractivity contribution in [2.45, 2.75) is 24.9 Å². The average Bonchev–Trinajstić information content (AvgIpc) is 2.85. The fourth-order valence-electron chi connectivity index (χ4n) is 4.24. The molecule has 0 aliphatic carbocycles. The maximum atomic E-state index is 13.0. The number of piperidine rings is 1. The Balaban J connectivity index is 1.22. The number of ether oxygens (including phenoxy) is 3. The van der Waals surface area contributed by atoms with Crippen molar-refractivity contribution in [1.29, 1.82) is 0 Å². The average molecular weight is 467 g/mol. The van der Waals surface area contributed by atoms with E-state index in [0.717, 1.165) is 31.7 Å². The van der Waals surface area contributed by atoms with Gasteiger partial charge in [0.1, 0.15) is 30.0 Å². The van der Waals surface area contributed by atoms with Crippen molar-refractivity contribution in [3.8, 4) is 23.0 Å². The summed E-state index contributed by atoms with van der Waals surface area (Å²) < 4.78 is 29.9. The summed E-state index contributed by atoms with van der Waals surface area (Å²) in [7, 11) is 1.57. The van der Waals surface area contributed by atoms with Gasteiger partial charge in [0.05, 0.1) is 7.11 Å². The van der Waals surface area contributed by atoms with E-state index in [0.29, 0.717) is 35.4 Å². The van der Waals surface area contributed by atoms with Crippen LogP contribution in [0.3, 0.4) is 0 Å². The number of nitrogens with two attached hydrogens (primary N) is 1. The third-order valence-corrected chi connectivity index (χ3v) is 6.08. The van der Waals surface area contributed by atoms with Crippen LogP contribution in [0, 0.1) is 5.82 Å². The number of aliphatic hydroxyl groups is 1. The molecule has 0 amide bonds. The number of anilines is 1. The lowest BCUT2D eigenvalue weighted by Gasteiger charge is -2.33. The normalized spacial score (nSPS) is 15.6. The van der Waals surface area contributed by atoms with Crippen LogP contribution in [0.5, 0.6) is 23.0 Å². The molecule has 1 fully saturated rings. The first-order valence-corrected chi connectivity index (χ1v) is 11.5. The van der Waals surface area contributed by atoms with Crippen molar-refractivity contribution in [2.75, 3.05) is 39.1 Å². The largest absolute Gasteiger partial charge is 0.493 e. The lowest BCUT2D eigenvalue weighted by atomic mass is 9.89. The van der Waals surface area contributed by atoms with E-state index in [2.05, 4.69) is 17.0 Å². The first kappa shape index (κ1) is 23.9. The summed E-state index contributed by atoms with van der Waals surface area (Å²) in [5, 5.41) is 10.5. The maximum Gasteiger partial charge on any atom is 0.163 e. The van der Waals surface area contributed by atoms with Crippen LogP contribution in [0.4, 0.5) is 10.1 Å². The SMILES string of the molecule is COc1ccc(N)cc1OCC(O)CN1CCC(c2ccc(Oc3ccc(F)cc3)cc2)CC1. The number of nitrogens with zero attached hydrogens (tertiary/aromatic N) is 1. The molecule has 1 unspecified atom stereocenters. The Kier molecular flexibility index (Phi) is 7.87. The molecular formula is C27H31FN2O4. The van der Waals surface area contributed by atoms with E-state index in [4.69, 9.17) is 19.9 Å². The molecule has 180 valence electrons. The predicted octanol–water partition coefficient (Wildman–Crippen LogP) is 4.83. The van der Waals surface area contributed by atoms with Crippen LogP contribution in [0.2, 0.25) is 0 Å². The van der Waals surface area contributed by atoms with Crippen LogP contribution in [-0.2, 0) is 0 Å². The highest BCUT2D eigenvalue weighted by Gasteiger charge is 2.22. The molecule has 1 heterocycles. The number of aliphatic hydroxyl groups excluding tert-OH is 1. The predicted molar refractivity (Wildman–Crippen MR) is 130 cm³/mol. The number of β-amino-alcohol motifs (C(OH)–C–C–N with tert-alkyl or cyclic N) is 1. The maximum absolute atomic E-state index is 13.0. The smallest absolute Gasteiger partial charge is 0.163 e. The number of hydrogen-bond donors (Lipinski definition) is 2. The monoisotopic (exact) mass is 466 g/mol. The van der Waals surface area contributed by atoms with Crippen molar-refractivity contribution in [3.05, 3.63) is 78.1 Å². The Labute approximate surface area is 199 Å². The quantitative estimate of drug-likeness (QED) is 0.440. The second-order valence-corrected chi connectivity index (χ2v) is 8.58. The molecule has 3 aromatic carbocycles. The fourth-order valence-corrected chi connectivity index (χ4v) is 4.24. The Bertz CT molecular complexity index is 1050. The Morgan fingerprint density at radius 3 is 2.26 bits per heavy atom. The van der Waals surface area contributed by atoms with Crippen LogP contribution in [0.1, 0.15) is 24.3 Å². The minimum absolute atomic E-state index is 0.176. The number of rotatable bonds is 9. The molecule has 0 aromatic heterocycles. The van der Waals surface area contributed by atoms with E-state index in [-0.39, 0.29) is 12.4 Å². The van der Waals surface area contributed by atoms with Crippen molar-refractivity contribution in [3.63, 3.8) is 0 Å². The molecule has 0 bridgehead atoms. The summed E-state index contributed by atoms with van der Waals surface area (Å²) in [4.78, 5) is 2.27. The van der Waals surface area contributed by atoms with Gasteiger partial charge in [-0.25, -0.2) is 4.39 Å². The summed E-state index contributed by atoms with van der Waals surface area (Å²) in [6.07, 6.45) is 1.44. The molecule has 34 heavy (non-hydrogen) atoms. The Hall–Kier alpha value is -3.29. The molecule has 1 aliphatic heterocycles. The third kappa shape index (κ3) is 6.40. The molecule has 1 aliphatic rings. The molecule has 7 heteroatoms. The highest BCUT2D eigenvalue weighted by Crippen LogP contribution is 2.31.